The van der Waals surface area contributed by atoms with E-state index in [-0.39, 0.29) is 6.10 Å². The Labute approximate surface area is 90.1 Å². The number of hydrogen-bond acceptors (Lipinski definition) is 4. The summed E-state index contributed by atoms with van der Waals surface area (Å²) in [5.41, 5.74) is 0.987. The molecule has 1 N–H and O–H groups in total. The fourth-order valence-electron chi connectivity index (χ4n) is 1.60. The van der Waals surface area contributed by atoms with Crippen LogP contribution in [0.5, 0.6) is 0 Å². The molecule has 0 aliphatic carbocycles. The van der Waals surface area contributed by atoms with Gasteiger partial charge in [0.05, 0.1) is 12.3 Å². The molecule has 15 heavy (non-hydrogen) atoms. The Balaban J connectivity index is 2.16. The lowest BCUT2D eigenvalue weighted by atomic mass is 10.2. The van der Waals surface area contributed by atoms with E-state index in [0.717, 1.165) is 31.2 Å². The third kappa shape index (κ3) is 2.52. The van der Waals surface area contributed by atoms with Crippen molar-refractivity contribution in [3.05, 3.63) is 23.8 Å². The molecule has 0 bridgehead atoms. The van der Waals surface area contributed by atoms with Gasteiger partial charge in [-0.15, -0.1) is 0 Å². The lowest BCUT2D eigenvalue weighted by Gasteiger charge is -2.23. The number of morpholine rings is 1. The lowest BCUT2D eigenvalue weighted by molar-refractivity contribution is 0.0248. The van der Waals surface area contributed by atoms with Crippen molar-refractivity contribution in [1.29, 1.82) is 0 Å². The summed E-state index contributed by atoms with van der Waals surface area (Å²) in [6.07, 6.45) is 1.90. The minimum absolute atomic E-state index is 0.0826. The Morgan fingerprint density at radius 1 is 1.53 bits per heavy atom. The van der Waals surface area contributed by atoms with Crippen molar-refractivity contribution in [2.45, 2.75) is 25.9 Å². The molecule has 0 radical (unpaired) electrons. The van der Waals surface area contributed by atoms with Gasteiger partial charge in [-0.1, -0.05) is 13.8 Å². The van der Waals surface area contributed by atoms with Crippen LogP contribution in [0.2, 0.25) is 0 Å². The quantitative estimate of drug-likeness (QED) is 0.793. The molecule has 82 valence electrons. The second-order valence-electron chi connectivity index (χ2n) is 4.06. The van der Waals surface area contributed by atoms with Crippen LogP contribution in [0.4, 0.5) is 0 Å². The van der Waals surface area contributed by atoms with Crippen LogP contribution >= 0.6 is 0 Å². The summed E-state index contributed by atoms with van der Waals surface area (Å²) in [7, 11) is 0. The number of nitrogens with zero attached hydrogens (tertiary/aromatic N) is 2. The molecule has 1 atom stereocenters. The highest BCUT2D eigenvalue weighted by molar-refractivity contribution is 5.08. The van der Waals surface area contributed by atoms with Crippen molar-refractivity contribution in [2.24, 2.45) is 0 Å². The molecule has 1 aliphatic rings. The minimum atomic E-state index is 0.0826. The summed E-state index contributed by atoms with van der Waals surface area (Å²) in [5.74, 6) is 1.25. The Morgan fingerprint density at radius 3 is 3.07 bits per heavy atom. The van der Waals surface area contributed by atoms with Gasteiger partial charge in [0.25, 0.3) is 0 Å². The maximum Gasteiger partial charge on any atom is 0.131 e. The third-order valence-corrected chi connectivity index (χ3v) is 2.47. The van der Waals surface area contributed by atoms with Gasteiger partial charge < -0.3 is 10.1 Å². The van der Waals surface area contributed by atoms with Gasteiger partial charge >= 0.3 is 0 Å². The van der Waals surface area contributed by atoms with Gasteiger partial charge in [-0.2, -0.15) is 0 Å². The number of ether oxygens (including phenoxy) is 1. The van der Waals surface area contributed by atoms with E-state index in [0.29, 0.717) is 5.92 Å². The van der Waals surface area contributed by atoms with Crippen LogP contribution in [0.1, 0.15) is 37.4 Å². The molecule has 0 spiro atoms. The van der Waals surface area contributed by atoms with Crippen LogP contribution in [0.15, 0.2) is 12.3 Å². The van der Waals surface area contributed by atoms with Crippen LogP contribution in [0, 0.1) is 0 Å². The van der Waals surface area contributed by atoms with Gasteiger partial charge in [-0.25, -0.2) is 9.97 Å². The summed E-state index contributed by atoms with van der Waals surface area (Å²) < 4.78 is 5.65. The highest BCUT2D eigenvalue weighted by Crippen LogP contribution is 2.17. The van der Waals surface area contributed by atoms with Gasteiger partial charge in [0.2, 0.25) is 0 Å². The zero-order valence-electron chi connectivity index (χ0n) is 9.23. The van der Waals surface area contributed by atoms with E-state index in [9.17, 15) is 0 Å². The first-order valence-electron chi connectivity index (χ1n) is 5.42. The van der Waals surface area contributed by atoms with Crippen molar-refractivity contribution >= 4 is 0 Å². The molecule has 1 unspecified atom stereocenters. The molecule has 1 aromatic rings. The van der Waals surface area contributed by atoms with E-state index in [2.05, 4.69) is 29.1 Å². The van der Waals surface area contributed by atoms with E-state index >= 15 is 0 Å². The molecule has 4 heteroatoms. The van der Waals surface area contributed by atoms with Gasteiger partial charge in [0.15, 0.2) is 0 Å². The molecule has 2 rings (SSSR count). The molecular formula is C11H17N3O. The SMILES string of the molecule is CC(C)c1nccc(C2CNCCO2)n1. The van der Waals surface area contributed by atoms with E-state index in [1.165, 1.54) is 0 Å². The Morgan fingerprint density at radius 2 is 2.40 bits per heavy atom. The molecule has 1 aromatic heterocycles. The van der Waals surface area contributed by atoms with Crippen molar-refractivity contribution in [1.82, 2.24) is 15.3 Å². The monoisotopic (exact) mass is 207 g/mol. The lowest BCUT2D eigenvalue weighted by Crippen LogP contribution is -2.33. The van der Waals surface area contributed by atoms with Crippen LogP contribution in [0.3, 0.4) is 0 Å². The number of hydrogen-bond donors (Lipinski definition) is 1. The first-order chi connectivity index (χ1) is 7.27. The normalized spacial score (nSPS) is 21.9. The van der Waals surface area contributed by atoms with Crippen LogP contribution in [0.25, 0.3) is 0 Å². The highest BCUT2D eigenvalue weighted by atomic mass is 16.5. The summed E-state index contributed by atoms with van der Waals surface area (Å²) in [4.78, 5) is 8.77. The topological polar surface area (TPSA) is 47.0 Å². The highest BCUT2D eigenvalue weighted by Gasteiger charge is 2.17. The number of nitrogens with one attached hydrogen (secondary N) is 1. The van der Waals surface area contributed by atoms with Gasteiger partial charge in [-0.3, -0.25) is 0 Å². The summed E-state index contributed by atoms with van der Waals surface area (Å²) in [6.45, 7) is 6.72. The maximum absolute atomic E-state index is 5.65. The van der Waals surface area contributed by atoms with Crippen LogP contribution in [-0.4, -0.2) is 29.7 Å². The van der Waals surface area contributed by atoms with E-state index in [4.69, 9.17) is 4.74 Å². The van der Waals surface area contributed by atoms with Crippen molar-refractivity contribution in [2.75, 3.05) is 19.7 Å². The molecule has 1 aliphatic heterocycles. The Bertz CT molecular complexity index is 321. The molecule has 4 nitrogen and oxygen atoms in total. The Hall–Kier alpha value is -1.00. The van der Waals surface area contributed by atoms with Crippen molar-refractivity contribution < 1.29 is 4.74 Å². The average molecular weight is 207 g/mol. The van der Waals surface area contributed by atoms with E-state index in [1.807, 2.05) is 12.3 Å². The number of rotatable bonds is 2. The van der Waals surface area contributed by atoms with Crippen molar-refractivity contribution in [3.8, 4) is 0 Å². The van der Waals surface area contributed by atoms with Crippen LogP contribution < -0.4 is 5.32 Å². The number of aromatic nitrogens is 2. The first-order valence-corrected chi connectivity index (χ1v) is 5.42. The van der Waals surface area contributed by atoms with Crippen LogP contribution in [-0.2, 0) is 4.74 Å². The summed E-state index contributed by atoms with van der Waals surface area (Å²) in [6, 6.07) is 1.93. The maximum atomic E-state index is 5.65. The largest absolute Gasteiger partial charge is 0.369 e. The molecule has 1 fully saturated rings. The molecule has 2 heterocycles. The Kier molecular flexibility index (Phi) is 3.28. The summed E-state index contributed by atoms with van der Waals surface area (Å²) in [5, 5.41) is 3.30. The molecule has 1 saturated heterocycles. The fourth-order valence-corrected chi connectivity index (χ4v) is 1.60. The molecule has 0 aromatic carbocycles. The predicted octanol–water partition coefficient (Wildman–Crippen LogP) is 1.26. The van der Waals surface area contributed by atoms with Gasteiger partial charge in [0, 0.05) is 25.2 Å². The van der Waals surface area contributed by atoms with Gasteiger partial charge in [-0.05, 0) is 6.07 Å². The smallest absolute Gasteiger partial charge is 0.131 e. The molecular weight excluding hydrogens is 190 g/mol. The second-order valence-corrected chi connectivity index (χ2v) is 4.06. The standard InChI is InChI=1S/C11H17N3O/c1-8(2)11-13-4-3-9(14-11)10-7-12-5-6-15-10/h3-4,8,10,12H,5-7H2,1-2H3. The zero-order valence-corrected chi connectivity index (χ0v) is 9.23. The van der Waals surface area contributed by atoms with Gasteiger partial charge in [0.1, 0.15) is 11.9 Å². The zero-order chi connectivity index (χ0) is 10.7. The third-order valence-electron chi connectivity index (χ3n) is 2.47. The minimum Gasteiger partial charge on any atom is -0.369 e. The molecule has 0 amide bonds. The van der Waals surface area contributed by atoms with E-state index < -0.39 is 0 Å². The second kappa shape index (κ2) is 4.68. The first kappa shape index (κ1) is 10.5. The molecule has 0 saturated carbocycles. The predicted molar refractivity (Wildman–Crippen MR) is 57.7 cm³/mol. The summed E-state index contributed by atoms with van der Waals surface area (Å²) >= 11 is 0. The van der Waals surface area contributed by atoms with E-state index in [1.54, 1.807) is 0 Å². The average Bonchev–Trinajstić information content (AvgIpc) is 2.30. The fraction of sp³-hybridized carbons (Fsp3) is 0.636. The van der Waals surface area contributed by atoms with Crippen molar-refractivity contribution in [3.63, 3.8) is 0 Å².